The van der Waals surface area contributed by atoms with E-state index in [0.29, 0.717) is 11.4 Å². The Balaban J connectivity index is 1.80. The van der Waals surface area contributed by atoms with E-state index in [9.17, 15) is 8.42 Å². The monoisotopic (exact) mass is 313 g/mol. The second kappa shape index (κ2) is 7.11. The smallest absolute Gasteiger partial charge is 0.215 e. The third kappa shape index (κ3) is 5.18. The molecule has 7 heteroatoms. The van der Waals surface area contributed by atoms with E-state index < -0.39 is 10.0 Å². The zero-order valence-corrected chi connectivity index (χ0v) is 13.1. The molecule has 21 heavy (non-hydrogen) atoms. The van der Waals surface area contributed by atoms with E-state index in [1.807, 2.05) is 7.05 Å². The fourth-order valence-corrected chi connectivity index (χ4v) is 3.57. The third-order valence-electron chi connectivity index (χ3n) is 3.50. The van der Waals surface area contributed by atoms with Crippen LogP contribution in [0.4, 0.5) is 5.69 Å². The van der Waals surface area contributed by atoms with Gasteiger partial charge in [0.15, 0.2) is 0 Å². The number of piperidine rings is 1. The van der Waals surface area contributed by atoms with E-state index >= 15 is 0 Å². The van der Waals surface area contributed by atoms with E-state index in [4.69, 9.17) is 10.5 Å². The Kier molecular flexibility index (Phi) is 5.44. The quantitative estimate of drug-likeness (QED) is 0.754. The summed E-state index contributed by atoms with van der Waals surface area (Å²) < 4.78 is 32.3. The highest BCUT2D eigenvalue weighted by molar-refractivity contribution is 7.89. The molecule has 1 heterocycles. The average Bonchev–Trinajstić information content (AvgIpc) is 2.40. The van der Waals surface area contributed by atoms with Gasteiger partial charge in [0.05, 0.1) is 11.4 Å². The number of sulfonamides is 1. The fourth-order valence-electron chi connectivity index (χ4n) is 2.45. The number of hydrogen-bond donors (Lipinski definition) is 2. The second-order valence-electron chi connectivity index (χ2n) is 5.42. The molecule has 0 amide bonds. The number of para-hydroxylation sites is 2. The molecule has 3 N–H and O–H groups in total. The van der Waals surface area contributed by atoms with Gasteiger partial charge in [0.2, 0.25) is 10.0 Å². The standard InChI is InChI=1S/C14H23N3O3S/c1-17-8-4-5-12(11-17)16-21(18,19)10-9-20-14-7-3-2-6-13(14)15/h2-3,6-7,12,16H,4-5,8-11,15H2,1H3. The van der Waals surface area contributed by atoms with E-state index in [1.165, 1.54) is 0 Å². The van der Waals surface area contributed by atoms with Gasteiger partial charge < -0.3 is 15.4 Å². The summed E-state index contributed by atoms with van der Waals surface area (Å²) in [5, 5.41) is 0. The Morgan fingerprint density at radius 1 is 1.43 bits per heavy atom. The summed E-state index contributed by atoms with van der Waals surface area (Å²) in [6.45, 7) is 1.87. The lowest BCUT2D eigenvalue weighted by atomic mass is 10.1. The van der Waals surface area contributed by atoms with Crippen LogP contribution >= 0.6 is 0 Å². The number of ether oxygens (including phenoxy) is 1. The Bertz CT molecular complexity index is 562. The van der Waals surface area contributed by atoms with Crippen molar-refractivity contribution >= 4 is 15.7 Å². The van der Waals surface area contributed by atoms with Crippen LogP contribution in [0.15, 0.2) is 24.3 Å². The van der Waals surface area contributed by atoms with Crippen molar-refractivity contribution < 1.29 is 13.2 Å². The zero-order valence-electron chi connectivity index (χ0n) is 12.3. The van der Waals surface area contributed by atoms with Gasteiger partial charge in [-0.25, -0.2) is 13.1 Å². The number of likely N-dealkylation sites (N-methyl/N-ethyl adjacent to an activating group) is 1. The molecule has 0 aliphatic carbocycles. The highest BCUT2D eigenvalue weighted by atomic mass is 32.2. The minimum Gasteiger partial charge on any atom is -0.490 e. The van der Waals surface area contributed by atoms with Crippen molar-refractivity contribution in [1.82, 2.24) is 9.62 Å². The van der Waals surface area contributed by atoms with E-state index in [0.717, 1.165) is 25.9 Å². The molecule has 6 nitrogen and oxygen atoms in total. The Hall–Kier alpha value is -1.31. The molecule has 1 fully saturated rings. The molecule has 1 aromatic rings. The molecule has 1 aromatic carbocycles. The Labute approximate surface area is 126 Å². The molecule has 1 atom stereocenters. The van der Waals surface area contributed by atoms with Crippen molar-refractivity contribution in [2.24, 2.45) is 0 Å². The first-order valence-corrected chi connectivity index (χ1v) is 8.77. The predicted molar refractivity (Wildman–Crippen MR) is 83.8 cm³/mol. The first-order chi connectivity index (χ1) is 9.96. The fraction of sp³-hybridized carbons (Fsp3) is 0.571. The maximum atomic E-state index is 12.0. The van der Waals surface area contributed by atoms with Crippen LogP contribution in [0.5, 0.6) is 5.75 Å². The van der Waals surface area contributed by atoms with Crippen molar-refractivity contribution in [3.63, 3.8) is 0 Å². The highest BCUT2D eigenvalue weighted by Gasteiger charge is 2.22. The number of nitrogens with two attached hydrogens (primary N) is 1. The molecule has 0 aromatic heterocycles. The minimum atomic E-state index is -3.33. The largest absolute Gasteiger partial charge is 0.490 e. The molecule has 118 valence electrons. The molecule has 0 bridgehead atoms. The summed E-state index contributed by atoms with van der Waals surface area (Å²) >= 11 is 0. The maximum Gasteiger partial charge on any atom is 0.215 e. The number of rotatable bonds is 6. The van der Waals surface area contributed by atoms with Gasteiger partial charge in [-0.2, -0.15) is 0 Å². The first kappa shape index (κ1) is 16.1. The SMILES string of the molecule is CN1CCCC(NS(=O)(=O)CCOc2ccccc2N)C1. The molecule has 0 radical (unpaired) electrons. The number of nitrogens with one attached hydrogen (secondary N) is 1. The summed E-state index contributed by atoms with van der Waals surface area (Å²) in [6.07, 6.45) is 1.90. The van der Waals surface area contributed by atoms with Gasteiger partial charge in [-0.15, -0.1) is 0 Å². The molecule has 1 saturated heterocycles. The molecule has 2 rings (SSSR count). The van der Waals surface area contributed by atoms with Gasteiger partial charge in [0.25, 0.3) is 0 Å². The Morgan fingerprint density at radius 2 is 2.19 bits per heavy atom. The predicted octanol–water partition coefficient (Wildman–Crippen LogP) is 0.661. The van der Waals surface area contributed by atoms with Crippen molar-refractivity contribution in [3.8, 4) is 5.75 Å². The zero-order chi connectivity index (χ0) is 15.3. The summed E-state index contributed by atoms with van der Waals surface area (Å²) in [5.74, 6) is 0.451. The molecule has 1 aliphatic rings. The van der Waals surface area contributed by atoms with Crippen LogP contribution in [-0.4, -0.2) is 51.9 Å². The van der Waals surface area contributed by atoms with Crippen LogP contribution in [0.3, 0.4) is 0 Å². The molecule has 0 spiro atoms. The number of nitrogen functional groups attached to an aromatic ring is 1. The lowest BCUT2D eigenvalue weighted by Gasteiger charge is -2.29. The van der Waals surface area contributed by atoms with Gasteiger partial charge in [0.1, 0.15) is 12.4 Å². The van der Waals surface area contributed by atoms with E-state index in [-0.39, 0.29) is 18.4 Å². The van der Waals surface area contributed by atoms with Crippen molar-refractivity contribution in [2.45, 2.75) is 18.9 Å². The number of nitrogens with zero attached hydrogens (tertiary/aromatic N) is 1. The summed E-state index contributed by atoms with van der Waals surface area (Å²) in [5.41, 5.74) is 6.25. The van der Waals surface area contributed by atoms with Gasteiger partial charge in [-0.05, 0) is 38.6 Å². The molecular formula is C14H23N3O3S. The van der Waals surface area contributed by atoms with Crippen molar-refractivity contribution in [2.75, 3.05) is 38.2 Å². The van der Waals surface area contributed by atoms with Crippen LogP contribution in [0.1, 0.15) is 12.8 Å². The van der Waals surface area contributed by atoms with Gasteiger partial charge in [-0.3, -0.25) is 0 Å². The maximum absolute atomic E-state index is 12.0. The van der Waals surface area contributed by atoms with Crippen LogP contribution in [0.2, 0.25) is 0 Å². The molecular weight excluding hydrogens is 290 g/mol. The second-order valence-corrected chi connectivity index (χ2v) is 7.30. The third-order valence-corrected chi connectivity index (χ3v) is 4.90. The average molecular weight is 313 g/mol. The lowest BCUT2D eigenvalue weighted by molar-refractivity contribution is 0.242. The number of anilines is 1. The van der Waals surface area contributed by atoms with Gasteiger partial charge in [-0.1, -0.05) is 12.1 Å². The van der Waals surface area contributed by atoms with Crippen LogP contribution in [-0.2, 0) is 10.0 Å². The highest BCUT2D eigenvalue weighted by Crippen LogP contribution is 2.19. The van der Waals surface area contributed by atoms with Crippen LogP contribution in [0.25, 0.3) is 0 Å². The van der Waals surface area contributed by atoms with Crippen LogP contribution in [0, 0.1) is 0 Å². The summed E-state index contributed by atoms with van der Waals surface area (Å²) in [7, 11) is -1.33. The topological polar surface area (TPSA) is 84.7 Å². The Morgan fingerprint density at radius 3 is 2.90 bits per heavy atom. The first-order valence-electron chi connectivity index (χ1n) is 7.12. The molecule has 0 saturated carbocycles. The van der Waals surface area contributed by atoms with E-state index in [2.05, 4.69) is 9.62 Å². The number of likely N-dealkylation sites (tertiary alicyclic amines) is 1. The summed E-state index contributed by atoms with van der Waals surface area (Å²) in [4.78, 5) is 2.14. The van der Waals surface area contributed by atoms with E-state index in [1.54, 1.807) is 24.3 Å². The van der Waals surface area contributed by atoms with Crippen molar-refractivity contribution in [1.29, 1.82) is 0 Å². The normalized spacial score (nSPS) is 20.3. The van der Waals surface area contributed by atoms with Gasteiger partial charge in [0, 0.05) is 12.6 Å². The molecule has 1 aliphatic heterocycles. The minimum absolute atomic E-state index is 0.00413. The van der Waals surface area contributed by atoms with Crippen molar-refractivity contribution in [3.05, 3.63) is 24.3 Å². The lowest BCUT2D eigenvalue weighted by Crippen LogP contribution is -2.47. The molecule has 1 unspecified atom stereocenters. The summed E-state index contributed by atoms with van der Waals surface area (Å²) in [6, 6.07) is 7.05. The van der Waals surface area contributed by atoms with Gasteiger partial charge >= 0.3 is 0 Å². The number of benzene rings is 1. The number of hydrogen-bond acceptors (Lipinski definition) is 5. The van der Waals surface area contributed by atoms with Crippen LogP contribution < -0.4 is 15.2 Å².